The quantitative estimate of drug-likeness (QED) is 0.889. The van der Waals surface area contributed by atoms with Crippen molar-refractivity contribution in [2.45, 2.75) is 35.4 Å². The molecule has 0 amide bonds. The maximum Gasteiger partial charge on any atom is 0.141 e. The molecule has 88 valence electrons. The van der Waals surface area contributed by atoms with Gasteiger partial charge in [0.05, 0.1) is 21.1 Å². The highest BCUT2D eigenvalue weighted by atomic mass is 35.5. The minimum Gasteiger partial charge on any atom is -0.327 e. The Kier molecular flexibility index (Phi) is 3.62. The van der Waals surface area contributed by atoms with Gasteiger partial charge >= 0.3 is 0 Å². The third-order valence-electron chi connectivity index (χ3n) is 2.90. The highest BCUT2D eigenvalue weighted by Gasteiger charge is 2.30. The van der Waals surface area contributed by atoms with E-state index < -0.39 is 16.6 Å². The van der Waals surface area contributed by atoms with Crippen molar-refractivity contribution in [2.24, 2.45) is 5.73 Å². The zero-order valence-electron chi connectivity index (χ0n) is 8.66. The molecule has 0 heterocycles. The van der Waals surface area contributed by atoms with Gasteiger partial charge in [-0.15, -0.1) is 0 Å². The molecule has 1 aliphatic carbocycles. The number of nitrogens with two attached hydrogens (primary N) is 1. The fourth-order valence-corrected chi connectivity index (χ4v) is 3.86. The van der Waals surface area contributed by atoms with E-state index in [0.717, 1.165) is 19.3 Å². The summed E-state index contributed by atoms with van der Waals surface area (Å²) in [5.41, 5.74) is 5.89. The van der Waals surface area contributed by atoms with Crippen LogP contribution in [-0.4, -0.2) is 15.5 Å². The van der Waals surface area contributed by atoms with Crippen molar-refractivity contribution >= 4 is 22.4 Å². The summed E-state index contributed by atoms with van der Waals surface area (Å²) in [4.78, 5) is 0.564. The predicted molar refractivity (Wildman–Crippen MR) is 63.4 cm³/mol. The highest BCUT2D eigenvalue weighted by Crippen LogP contribution is 2.27. The maximum absolute atomic E-state index is 13.0. The second-order valence-corrected chi connectivity index (χ2v) is 6.09. The summed E-state index contributed by atoms with van der Waals surface area (Å²) in [5, 5.41) is -0.0149. The van der Waals surface area contributed by atoms with Crippen LogP contribution in [0.4, 0.5) is 4.39 Å². The van der Waals surface area contributed by atoms with Gasteiger partial charge in [-0.25, -0.2) is 4.39 Å². The van der Waals surface area contributed by atoms with E-state index in [0.29, 0.717) is 4.90 Å². The van der Waals surface area contributed by atoms with Crippen molar-refractivity contribution in [1.82, 2.24) is 0 Å². The van der Waals surface area contributed by atoms with E-state index in [1.165, 1.54) is 18.2 Å². The van der Waals surface area contributed by atoms with Gasteiger partial charge in [0.1, 0.15) is 5.82 Å². The molecule has 16 heavy (non-hydrogen) atoms. The lowest BCUT2D eigenvalue weighted by atomic mass is 10.3. The van der Waals surface area contributed by atoms with Gasteiger partial charge in [-0.05, 0) is 31.0 Å². The van der Waals surface area contributed by atoms with Crippen LogP contribution in [0.15, 0.2) is 23.1 Å². The molecule has 3 unspecified atom stereocenters. The van der Waals surface area contributed by atoms with Gasteiger partial charge in [-0.1, -0.05) is 18.0 Å². The van der Waals surface area contributed by atoms with Crippen LogP contribution in [0, 0.1) is 5.82 Å². The first-order valence-corrected chi connectivity index (χ1v) is 6.80. The molecule has 0 aliphatic heterocycles. The molecule has 1 aliphatic rings. The summed E-state index contributed by atoms with van der Waals surface area (Å²) >= 11 is 5.66. The lowest BCUT2D eigenvalue weighted by molar-refractivity contribution is 0.625. The van der Waals surface area contributed by atoms with Crippen molar-refractivity contribution in [3.05, 3.63) is 29.0 Å². The lowest BCUT2D eigenvalue weighted by Gasteiger charge is -2.14. The minimum atomic E-state index is -1.18. The average Bonchev–Trinajstić information content (AvgIpc) is 2.67. The minimum absolute atomic E-state index is 0.0115. The third-order valence-corrected chi connectivity index (χ3v) is 5.05. The molecule has 3 atom stereocenters. The Morgan fingerprint density at radius 2 is 2.19 bits per heavy atom. The Balaban J connectivity index is 2.23. The molecule has 0 spiro atoms. The van der Waals surface area contributed by atoms with Crippen LogP contribution >= 0.6 is 11.6 Å². The normalized spacial score (nSPS) is 26.9. The molecule has 0 bridgehead atoms. The molecule has 0 saturated heterocycles. The second-order valence-electron chi connectivity index (χ2n) is 4.01. The average molecular weight is 262 g/mol. The van der Waals surface area contributed by atoms with Crippen molar-refractivity contribution in [3.63, 3.8) is 0 Å². The number of hydrogen-bond donors (Lipinski definition) is 1. The van der Waals surface area contributed by atoms with Crippen molar-refractivity contribution in [1.29, 1.82) is 0 Å². The molecule has 1 saturated carbocycles. The molecule has 1 fully saturated rings. The molecule has 1 aromatic carbocycles. The van der Waals surface area contributed by atoms with Crippen LogP contribution < -0.4 is 5.73 Å². The summed E-state index contributed by atoms with van der Waals surface area (Å²) in [6.07, 6.45) is 2.78. The Labute approximate surface area is 101 Å². The van der Waals surface area contributed by atoms with E-state index in [4.69, 9.17) is 17.3 Å². The highest BCUT2D eigenvalue weighted by molar-refractivity contribution is 7.85. The van der Waals surface area contributed by atoms with E-state index in [-0.39, 0.29) is 16.3 Å². The van der Waals surface area contributed by atoms with Gasteiger partial charge in [0.2, 0.25) is 0 Å². The van der Waals surface area contributed by atoms with Crippen LogP contribution in [0.1, 0.15) is 19.3 Å². The summed E-state index contributed by atoms with van der Waals surface area (Å²) in [5.74, 6) is -0.488. The van der Waals surface area contributed by atoms with Crippen LogP contribution in [0.3, 0.4) is 0 Å². The number of hydrogen-bond acceptors (Lipinski definition) is 2. The topological polar surface area (TPSA) is 43.1 Å². The van der Waals surface area contributed by atoms with Gasteiger partial charge in [0.15, 0.2) is 0 Å². The Morgan fingerprint density at radius 1 is 1.44 bits per heavy atom. The monoisotopic (exact) mass is 261 g/mol. The lowest BCUT2D eigenvalue weighted by Crippen LogP contribution is -2.32. The van der Waals surface area contributed by atoms with E-state index >= 15 is 0 Å². The van der Waals surface area contributed by atoms with E-state index in [9.17, 15) is 8.60 Å². The van der Waals surface area contributed by atoms with Crippen LogP contribution in [-0.2, 0) is 10.8 Å². The summed E-state index contributed by atoms with van der Waals surface area (Å²) in [6, 6.07) is 4.17. The molecule has 0 aromatic heterocycles. The predicted octanol–water partition coefficient (Wildman–Crippen LogP) is 2.47. The molecule has 5 heteroatoms. The molecule has 2 N–H and O–H groups in total. The smallest absolute Gasteiger partial charge is 0.141 e. The SMILES string of the molecule is NC1CCCC1S(=O)c1ccc(F)c(Cl)c1. The first kappa shape index (κ1) is 12.0. The van der Waals surface area contributed by atoms with E-state index in [1.54, 1.807) is 0 Å². The van der Waals surface area contributed by atoms with Crippen LogP contribution in [0.25, 0.3) is 0 Å². The Bertz CT molecular complexity index is 426. The van der Waals surface area contributed by atoms with Crippen LogP contribution in [0.5, 0.6) is 0 Å². The first-order chi connectivity index (χ1) is 7.59. The van der Waals surface area contributed by atoms with E-state index in [1.807, 2.05) is 0 Å². The van der Waals surface area contributed by atoms with Gasteiger partial charge in [0.25, 0.3) is 0 Å². The maximum atomic E-state index is 13.0. The second kappa shape index (κ2) is 4.82. The van der Waals surface area contributed by atoms with Gasteiger partial charge in [-0.2, -0.15) is 0 Å². The third kappa shape index (κ3) is 2.29. The Hall–Kier alpha value is -0.450. The van der Waals surface area contributed by atoms with Gasteiger partial charge < -0.3 is 5.73 Å². The zero-order chi connectivity index (χ0) is 11.7. The Morgan fingerprint density at radius 3 is 2.75 bits per heavy atom. The van der Waals surface area contributed by atoms with Gasteiger partial charge in [-0.3, -0.25) is 4.21 Å². The van der Waals surface area contributed by atoms with Crippen molar-refractivity contribution < 1.29 is 8.60 Å². The molecule has 2 nitrogen and oxygen atoms in total. The fraction of sp³-hybridized carbons (Fsp3) is 0.455. The van der Waals surface area contributed by atoms with Crippen LogP contribution in [0.2, 0.25) is 5.02 Å². The van der Waals surface area contributed by atoms with Gasteiger partial charge in [0, 0.05) is 10.9 Å². The van der Waals surface area contributed by atoms with Crippen molar-refractivity contribution in [2.75, 3.05) is 0 Å². The fourth-order valence-electron chi connectivity index (χ4n) is 2.00. The summed E-state index contributed by atoms with van der Waals surface area (Å²) in [6.45, 7) is 0. The molecule has 0 radical (unpaired) electrons. The molecular weight excluding hydrogens is 249 g/mol. The van der Waals surface area contributed by atoms with Crippen molar-refractivity contribution in [3.8, 4) is 0 Å². The number of halogens is 2. The molecular formula is C11H13ClFNOS. The molecule has 1 aromatic rings. The van der Waals surface area contributed by atoms with E-state index in [2.05, 4.69) is 0 Å². The number of rotatable bonds is 2. The molecule has 2 rings (SSSR count). The summed E-state index contributed by atoms with van der Waals surface area (Å²) in [7, 11) is -1.18. The first-order valence-electron chi connectivity index (χ1n) is 5.21. The standard InChI is InChI=1S/C11H13ClFNOS/c12-8-6-7(4-5-9(8)13)16(15)11-3-1-2-10(11)14/h4-6,10-11H,1-3,14H2. The number of benzene rings is 1. The zero-order valence-corrected chi connectivity index (χ0v) is 10.2. The largest absolute Gasteiger partial charge is 0.327 e. The summed E-state index contributed by atoms with van der Waals surface area (Å²) < 4.78 is 25.1.